The Morgan fingerprint density at radius 1 is 1.38 bits per heavy atom. The third-order valence-corrected chi connectivity index (χ3v) is 2.74. The minimum Gasteiger partial charge on any atom is -0.336 e. The third-order valence-electron chi connectivity index (χ3n) is 2.74. The van der Waals surface area contributed by atoms with Crippen LogP contribution in [-0.2, 0) is 0 Å². The minimum absolute atomic E-state index is 0.190. The first kappa shape index (κ1) is 12.9. The molecule has 8 nitrogen and oxygen atoms in total. The van der Waals surface area contributed by atoms with E-state index in [0.717, 1.165) is 11.0 Å². The molecule has 2 amide bonds. The number of urea groups is 1. The van der Waals surface area contributed by atoms with Gasteiger partial charge in [-0.25, -0.2) is 14.4 Å². The number of nitrogens with one attached hydrogen (secondary N) is 3. The van der Waals surface area contributed by atoms with Crippen molar-refractivity contribution in [1.82, 2.24) is 25.6 Å². The van der Waals surface area contributed by atoms with Gasteiger partial charge < -0.3 is 10.3 Å². The predicted molar refractivity (Wildman–Crippen MR) is 76.6 cm³/mol. The summed E-state index contributed by atoms with van der Waals surface area (Å²) in [5.41, 5.74) is 1.98. The molecule has 2 aromatic heterocycles. The second-order valence-corrected chi connectivity index (χ2v) is 4.19. The van der Waals surface area contributed by atoms with E-state index in [1.54, 1.807) is 6.08 Å². The van der Waals surface area contributed by atoms with E-state index >= 15 is 0 Å². The van der Waals surface area contributed by atoms with Crippen LogP contribution in [-0.4, -0.2) is 32.9 Å². The monoisotopic (exact) mass is 284 g/mol. The van der Waals surface area contributed by atoms with E-state index in [-0.39, 0.29) is 5.82 Å². The maximum absolute atomic E-state index is 11.6. The summed E-state index contributed by atoms with van der Waals surface area (Å²) in [7, 11) is 0. The smallest absolute Gasteiger partial charge is 0.320 e. The summed E-state index contributed by atoms with van der Waals surface area (Å²) in [6.07, 6.45) is 1.57. The molecule has 3 rings (SSSR count). The number of amides is 2. The fraction of sp³-hybridized carbons (Fsp3) is 0.0769. The summed E-state index contributed by atoms with van der Waals surface area (Å²) >= 11 is 0. The van der Waals surface area contributed by atoms with Crippen LogP contribution in [0.1, 0.15) is 0 Å². The second-order valence-electron chi connectivity index (χ2n) is 4.19. The van der Waals surface area contributed by atoms with Crippen molar-refractivity contribution >= 4 is 22.9 Å². The lowest BCUT2D eigenvalue weighted by Crippen LogP contribution is -2.28. The van der Waals surface area contributed by atoms with E-state index in [2.05, 4.69) is 42.1 Å². The van der Waals surface area contributed by atoms with Crippen LogP contribution in [0.4, 0.5) is 10.6 Å². The van der Waals surface area contributed by atoms with Gasteiger partial charge in [-0.3, -0.25) is 5.32 Å². The molecule has 0 bridgehead atoms. The molecular formula is C13H12N6O2. The molecular weight excluding hydrogens is 272 g/mol. The Morgan fingerprint density at radius 2 is 2.24 bits per heavy atom. The number of carbonyl (C=O) groups excluding carboxylic acids is 1. The van der Waals surface area contributed by atoms with Crippen molar-refractivity contribution in [1.29, 1.82) is 0 Å². The Hall–Kier alpha value is -3.16. The van der Waals surface area contributed by atoms with Crippen molar-refractivity contribution in [2.45, 2.75) is 0 Å². The van der Waals surface area contributed by atoms with Crippen LogP contribution in [0, 0.1) is 0 Å². The van der Waals surface area contributed by atoms with Gasteiger partial charge in [0.25, 0.3) is 0 Å². The van der Waals surface area contributed by atoms with Crippen LogP contribution in [0.3, 0.4) is 0 Å². The Morgan fingerprint density at radius 3 is 3.05 bits per heavy atom. The molecule has 21 heavy (non-hydrogen) atoms. The van der Waals surface area contributed by atoms with E-state index in [1.165, 1.54) is 0 Å². The number of nitrogens with zero attached hydrogens (tertiary/aromatic N) is 3. The van der Waals surface area contributed by atoms with Gasteiger partial charge >= 0.3 is 6.03 Å². The molecule has 0 aliphatic carbocycles. The lowest BCUT2D eigenvalue weighted by molar-refractivity contribution is 0.252. The van der Waals surface area contributed by atoms with Crippen LogP contribution < -0.4 is 10.6 Å². The molecule has 0 saturated carbocycles. The molecule has 106 valence electrons. The molecule has 1 aromatic carbocycles. The van der Waals surface area contributed by atoms with E-state index in [1.807, 2.05) is 24.3 Å². The molecule has 0 aliphatic heterocycles. The quantitative estimate of drug-likeness (QED) is 0.634. The molecule has 0 saturated heterocycles. The number of aromatic nitrogens is 4. The van der Waals surface area contributed by atoms with Gasteiger partial charge in [0.1, 0.15) is 0 Å². The van der Waals surface area contributed by atoms with Crippen LogP contribution in [0.2, 0.25) is 0 Å². The van der Waals surface area contributed by atoms with Gasteiger partial charge in [-0.2, -0.15) is 0 Å². The molecule has 0 radical (unpaired) electrons. The number of anilines is 1. The Kier molecular flexibility index (Phi) is 3.34. The third kappa shape index (κ3) is 2.59. The summed E-state index contributed by atoms with van der Waals surface area (Å²) in [5.74, 6) is 0.659. The van der Waals surface area contributed by atoms with E-state index in [4.69, 9.17) is 0 Å². The summed E-state index contributed by atoms with van der Waals surface area (Å²) in [6, 6.07) is 7.11. The number of H-pyrrole nitrogens is 1. The van der Waals surface area contributed by atoms with E-state index < -0.39 is 6.03 Å². The summed E-state index contributed by atoms with van der Waals surface area (Å²) < 4.78 is 4.68. The van der Waals surface area contributed by atoms with Gasteiger partial charge in [-0.1, -0.05) is 18.2 Å². The predicted octanol–water partition coefficient (Wildman–Crippen LogP) is 1.92. The van der Waals surface area contributed by atoms with Gasteiger partial charge in [-0.15, -0.1) is 6.58 Å². The fourth-order valence-electron chi connectivity index (χ4n) is 1.81. The van der Waals surface area contributed by atoms with Crippen molar-refractivity contribution in [3.63, 3.8) is 0 Å². The zero-order valence-corrected chi connectivity index (χ0v) is 11.0. The van der Waals surface area contributed by atoms with Gasteiger partial charge in [0.2, 0.25) is 5.82 Å². The largest absolute Gasteiger partial charge is 0.336 e. The molecule has 0 atom stereocenters. The summed E-state index contributed by atoms with van der Waals surface area (Å²) in [6.45, 7) is 3.86. The second kappa shape index (κ2) is 5.45. The first-order valence-corrected chi connectivity index (χ1v) is 6.21. The highest BCUT2D eigenvalue weighted by atomic mass is 16.6. The first-order chi connectivity index (χ1) is 10.3. The molecule has 0 spiro atoms. The molecule has 3 N–H and O–H groups in total. The van der Waals surface area contributed by atoms with Gasteiger partial charge in [0, 0.05) is 6.54 Å². The molecule has 3 aromatic rings. The van der Waals surface area contributed by atoms with Crippen LogP contribution >= 0.6 is 0 Å². The number of rotatable bonds is 4. The summed E-state index contributed by atoms with van der Waals surface area (Å²) in [5, 5.41) is 12.6. The van der Waals surface area contributed by atoms with Crippen LogP contribution in [0.5, 0.6) is 0 Å². The number of hydrogen-bond donors (Lipinski definition) is 3. The maximum atomic E-state index is 11.6. The topological polar surface area (TPSA) is 109 Å². The zero-order chi connectivity index (χ0) is 14.7. The van der Waals surface area contributed by atoms with Crippen molar-refractivity contribution in [2.24, 2.45) is 0 Å². The Bertz CT molecular complexity index is 758. The van der Waals surface area contributed by atoms with Crippen molar-refractivity contribution < 1.29 is 9.42 Å². The fourth-order valence-corrected chi connectivity index (χ4v) is 1.81. The van der Waals surface area contributed by atoms with Gasteiger partial charge in [0.05, 0.1) is 11.0 Å². The number of aromatic amines is 1. The average molecular weight is 284 g/mol. The Labute approximate surface area is 119 Å². The van der Waals surface area contributed by atoms with Crippen molar-refractivity contribution in [2.75, 3.05) is 11.9 Å². The molecule has 8 heteroatoms. The SMILES string of the molecule is C=CCNC(=O)Nc1nonc1-c1nc2ccccc2[nH]1. The minimum atomic E-state index is -0.428. The molecule has 2 heterocycles. The highest BCUT2D eigenvalue weighted by Crippen LogP contribution is 2.24. The maximum Gasteiger partial charge on any atom is 0.320 e. The number of carbonyl (C=O) groups is 1. The van der Waals surface area contributed by atoms with Gasteiger partial charge in [0.15, 0.2) is 11.5 Å². The number of benzene rings is 1. The number of imidazole rings is 1. The standard InChI is InChI=1S/C13H12N6O2/c1-2-7-14-13(20)17-12-10(18-21-19-12)11-15-8-5-3-4-6-9(8)16-11/h2-6H,1,7H2,(H,15,16)(H2,14,17,19,20). The normalized spacial score (nSPS) is 10.5. The first-order valence-electron chi connectivity index (χ1n) is 6.21. The van der Waals surface area contributed by atoms with E-state index in [0.29, 0.717) is 18.1 Å². The lowest BCUT2D eigenvalue weighted by Gasteiger charge is -2.02. The van der Waals surface area contributed by atoms with Crippen molar-refractivity contribution in [3.05, 3.63) is 36.9 Å². The average Bonchev–Trinajstić information content (AvgIpc) is 3.10. The van der Waals surface area contributed by atoms with Crippen molar-refractivity contribution in [3.8, 4) is 11.5 Å². The van der Waals surface area contributed by atoms with Crippen LogP contribution in [0.25, 0.3) is 22.6 Å². The number of fused-ring (bicyclic) bond motifs is 1. The summed E-state index contributed by atoms with van der Waals surface area (Å²) in [4.78, 5) is 19.1. The number of hydrogen-bond acceptors (Lipinski definition) is 5. The molecule has 0 aliphatic rings. The Balaban J connectivity index is 1.87. The number of para-hydroxylation sites is 2. The lowest BCUT2D eigenvalue weighted by atomic mass is 10.3. The van der Waals surface area contributed by atoms with E-state index in [9.17, 15) is 4.79 Å². The molecule has 0 fully saturated rings. The highest BCUT2D eigenvalue weighted by molar-refractivity contribution is 5.92. The van der Waals surface area contributed by atoms with Crippen LogP contribution in [0.15, 0.2) is 41.5 Å². The highest BCUT2D eigenvalue weighted by Gasteiger charge is 2.17. The van der Waals surface area contributed by atoms with Gasteiger partial charge in [-0.05, 0) is 22.4 Å². The zero-order valence-electron chi connectivity index (χ0n) is 11.0. The molecule has 0 unspecified atom stereocenters.